The second-order valence-electron chi connectivity index (χ2n) is 3.64. The van der Waals surface area contributed by atoms with Crippen molar-refractivity contribution in [3.05, 3.63) is 44.9 Å². The van der Waals surface area contributed by atoms with Gasteiger partial charge in [0.15, 0.2) is 10.8 Å². The van der Waals surface area contributed by atoms with E-state index in [0.29, 0.717) is 16.6 Å². The molecule has 5 heteroatoms. The highest BCUT2D eigenvalue weighted by atomic mass is 35.5. The smallest absolute Gasteiger partial charge is 0.183 e. The molecule has 0 atom stereocenters. The molecule has 0 aliphatic carbocycles. The maximum absolute atomic E-state index is 10.9. The second kappa shape index (κ2) is 5.29. The average Bonchev–Trinajstić information content (AvgIpc) is 2.73. The van der Waals surface area contributed by atoms with Crippen LogP contribution in [0.5, 0.6) is 0 Å². The van der Waals surface area contributed by atoms with Crippen LogP contribution in [0, 0.1) is 6.92 Å². The van der Waals surface area contributed by atoms with Crippen LogP contribution in [0.1, 0.15) is 20.8 Å². The topological polar surface area (TPSA) is 42.0 Å². The zero-order valence-electron chi connectivity index (χ0n) is 9.24. The summed E-state index contributed by atoms with van der Waals surface area (Å²) >= 11 is 7.17. The van der Waals surface area contributed by atoms with Gasteiger partial charge in [-0.25, -0.2) is 4.98 Å². The van der Waals surface area contributed by atoms with E-state index >= 15 is 0 Å². The van der Waals surface area contributed by atoms with Crippen molar-refractivity contribution in [1.82, 2.24) is 4.98 Å². The number of hydrogen-bond donors (Lipinski definition) is 1. The van der Waals surface area contributed by atoms with Gasteiger partial charge in [0.05, 0.1) is 6.54 Å². The van der Waals surface area contributed by atoms with Crippen molar-refractivity contribution in [1.29, 1.82) is 0 Å². The number of aromatic nitrogens is 1. The van der Waals surface area contributed by atoms with Crippen LogP contribution in [0.3, 0.4) is 0 Å². The van der Waals surface area contributed by atoms with Gasteiger partial charge in [0.1, 0.15) is 0 Å². The lowest BCUT2D eigenvalue weighted by Crippen LogP contribution is -2.01. The predicted octanol–water partition coefficient (Wildman–Crippen LogP) is 3.53. The van der Waals surface area contributed by atoms with Crippen molar-refractivity contribution in [2.45, 2.75) is 13.5 Å². The molecule has 1 aromatic heterocycles. The zero-order chi connectivity index (χ0) is 12.3. The first kappa shape index (κ1) is 12.1. The number of carbonyl (C=O) groups is 1. The van der Waals surface area contributed by atoms with E-state index in [4.69, 9.17) is 11.6 Å². The minimum Gasteiger partial charge on any atom is -0.380 e. The van der Waals surface area contributed by atoms with Crippen LogP contribution in [0.15, 0.2) is 24.4 Å². The fourth-order valence-corrected chi connectivity index (χ4v) is 2.41. The van der Waals surface area contributed by atoms with Gasteiger partial charge in [0.2, 0.25) is 0 Å². The van der Waals surface area contributed by atoms with Crippen molar-refractivity contribution in [2.75, 3.05) is 5.32 Å². The number of hydrogen-bond acceptors (Lipinski definition) is 4. The second-order valence-corrected chi connectivity index (χ2v) is 5.34. The summed E-state index contributed by atoms with van der Waals surface area (Å²) in [5.74, 6) is 0. The Bertz CT molecular complexity index is 539. The van der Waals surface area contributed by atoms with Crippen molar-refractivity contribution in [2.24, 2.45) is 0 Å². The van der Waals surface area contributed by atoms with Gasteiger partial charge in [0, 0.05) is 22.3 Å². The highest BCUT2D eigenvalue weighted by Crippen LogP contribution is 2.20. The van der Waals surface area contributed by atoms with Gasteiger partial charge < -0.3 is 5.32 Å². The van der Waals surface area contributed by atoms with Gasteiger partial charge in [-0.2, -0.15) is 0 Å². The molecule has 88 valence electrons. The molecule has 0 bridgehead atoms. The maximum atomic E-state index is 10.9. The van der Waals surface area contributed by atoms with E-state index in [-0.39, 0.29) is 0 Å². The molecule has 0 aliphatic heterocycles. The molecule has 0 radical (unpaired) electrons. The van der Waals surface area contributed by atoms with Gasteiger partial charge in [-0.15, -0.1) is 11.3 Å². The molecule has 0 saturated carbocycles. The minimum absolute atomic E-state index is 0.529. The molecule has 1 aromatic carbocycles. The largest absolute Gasteiger partial charge is 0.380 e. The third-order valence-electron chi connectivity index (χ3n) is 2.31. The van der Waals surface area contributed by atoms with Crippen molar-refractivity contribution in [3.63, 3.8) is 0 Å². The van der Waals surface area contributed by atoms with Crippen LogP contribution >= 0.6 is 22.9 Å². The maximum Gasteiger partial charge on any atom is 0.183 e. The third-order valence-corrected chi connectivity index (χ3v) is 3.43. The Balaban J connectivity index is 2.11. The van der Waals surface area contributed by atoms with Crippen LogP contribution in [0.2, 0.25) is 4.47 Å². The first-order valence-electron chi connectivity index (χ1n) is 5.09. The van der Waals surface area contributed by atoms with Crippen LogP contribution in [0.4, 0.5) is 5.69 Å². The summed E-state index contributed by atoms with van der Waals surface area (Å²) < 4.78 is 0.529. The Hall–Kier alpha value is -1.39. The van der Waals surface area contributed by atoms with E-state index in [0.717, 1.165) is 22.4 Å². The van der Waals surface area contributed by atoms with E-state index in [1.165, 1.54) is 11.3 Å². The fourth-order valence-electron chi connectivity index (χ4n) is 1.49. The molecule has 0 saturated heterocycles. The normalized spacial score (nSPS) is 10.2. The Kier molecular flexibility index (Phi) is 3.76. The number of nitrogens with one attached hydrogen (secondary N) is 1. The molecule has 2 rings (SSSR count). The predicted molar refractivity (Wildman–Crippen MR) is 71.0 cm³/mol. The number of halogens is 1. The summed E-state index contributed by atoms with van der Waals surface area (Å²) in [6.07, 6.45) is 2.59. The number of aryl methyl sites for hydroxylation is 1. The summed E-state index contributed by atoms with van der Waals surface area (Å²) in [6, 6.07) is 5.73. The van der Waals surface area contributed by atoms with Gasteiger partial charge in [-0.3, -0.25) is 4.79 Å². The highest BCUT2D eigenvalue weighted by molar-refractivity contribution is 7.15. The number of thiazole rings is 1. The summed E-state index contributed by atoms with van der Waals surface area (Å²) in [5.41, 5.74) is 2.56. The van der Waals surface area contributed by atoms with Crippen molar-refractivity contribution < 1.29 is 4.79 Å². The number of aldehydes is 1. The van der Waals surface area contributed by atoms with Crippen LogP contribution in [-0.4, -0.2) is 11.3 Å². The van der Waals surface area contributed by atoms with Crippen LogP contribution < -0.4 is 5.32 Å². The van der Waals surface area contributed by atoms with Crippen molar-refractivity contribution in [3.8, 4) is 0 Å². The Morgan fingerprint density at radius 1 is 1.53 bits per heavy atom. The van der Waals surface area contributed by atoms with Crippen LogP contribution in [0.25, 0.3) is 0 Å². The molecule has 0 unspecified atom stereocenters. The molecule has 17 heavy (non-hydrogen) atoms. The lowest BCUT2D eigenvalue weighted by Gasteiger charge is -2.07. The Labute approximate surface area is 108 Å². The monoisotopic (exact) mass is 266 g/mol. The standard InChI is InChI=1S/C12H11ClN2OS/c1-8-2-3-11(9(4-8)7-16)14-5-10-6-15-12(13)17-10/h2-4,6-7,14H,5H2,1H3. The van der Waals surface area contributed by atoms with E-state index in [2.05, 4.69) is 10.3 Å². The molecule has 0 amide bonds. The first-order valence-corrected chi connectivity index (χ1v) is 6.28. The molecular weight excluding hydrogens is 256 g/mol. The number of rotatable bonds is 4. The molecule has 0 fully saturated rings. The highest BCUT2D eigenvalue weighted by Gasteiger charge is 2.03. The SMILES string of the molecule is Cc1ccc(NCc2cnc(Cl)s2)c(C=O)c1. The number of anilines is 1. The number of carbonyl (C=O) groups excluding carboxylic acids is 1. The number of nitrogens with zero attached hydrogens (tertiary/aromatic N) is 1. The lowest BCUT2D eigenvalue weighted by atomic mass is 10.1. The van der Waals surface area contributed by atoms with Gasteiger partial charge in [0.25, 0.3) is 0 Å². The van der Waals surface area contributed by atoms with E-state index in [9.17, 15) is 4.79 Å². The van der Waals surface area contributed by atoms with Crippen LogP contribution in [-0.2, 0) is 6.54 Å². The summed E-state index contributed by atoms with van der Waals surface area (Å²) in [4.78, 5) is 15.9. The molecule has 2 aromatic rings. The average molecular weight is 267 g/mol. The van der Waals surface area contributed by atoms with Gasteiger partial charge in [-0.1, -0.05) is 23.2 Å². The molecule has 3 nitrogen and oxygen atoms in total. The summed E-state index contributed by atoms with van der Waals surface area (Å²) in [5, 5.41) is 3.20. The molecule has 0 aliphatic rings. The zero-order valence-corrected chi connectivity index (χ0v) is 10.8. The lowest BCUT2D eigenvalue weighted by molar-refractivity contribution is 0.112. The number of benzene rings is 1. The Morgan fingerprint density at radius 3 is 3.00 bits per heavy atom. The molecule has 1 N–H and O–H groups in total. The minimum atomic E-state index is 0.529. The van der Waals surface area contributed by atoms with Gasteiger partial charge >= 0.3 is 0 Å². The molecule has 0 spiro atoms. The summed E-state index contributed by atoms with van der Waals surface area (Å²) in [6.45, 7) is 2.58. The Morgan fingerprint density at radius 2 is 2.35 bits per heavy atom. The molecule has 1 heterocycles. The molecular formula is C12H11ClN2OS. The van der Waals surface area contributed by atoms with E-state index in [1.807, 2.05) is 25.1 Å². The van der Waals surface area contributed by atoms with E-state index in [1.54, 1.807) is 6.20 Å². The fraction of sp³-hybridized carbons (Fsp3) is 0.167. The first-order chi connectivity index (χ1) is 8.19. The van der Waals surface area contributed by atoms with Crippen molar-refractivity contribution >= 4 is 34.9 Å². The van der Waals surface area contributed by atoms with E-state index < -0.39 is 0 Å². The third kappa shape index (κ3) is 3.05. The summed E-state index contributed by atoms with van der Waals surface area (Å²) in [7, 11) is 0. The van der Waals surface area contributed by atoms with Gasteiger partial charge in [-0.05, 0) is 19.1 Å². The quantitative estimate of drug-likeness (QED) is 0.861.